The molecule has 0 aliphatic rings. The van der Waals surface area contributed by atoms with Gasteiger partial charge in [0.2, 0.25) is 0 Å². The van der Waals surface area contributed by atoms with Crippen LogP contribution in [0.5, 0.6) is 0 Å². The molecule has 0 aromatic carbocycles. The van der Waals surface area contributed by atoms with Crippen LogP contribution in [-0.4, -0.2) is 0 Å². The van der Waals surface area contributed by atoms with Gasteiger partial charge in [0.1, 0.15) is 0 Å². The molecular formula is HI6S-. The normalized spacial score (nSPS) is 14.3. The number of halogens is 6. The van der Waals surface area contributed by atoms with Gasteiger partial charge < -0.3 is 0 Å². The SMILES string of the molecule is S[I-]I(I)I(I)I. The van der Waals surface area contributed by atoms with Gasteiger partial charge in [-0.25, -0.2) is 0 Å². The molecule has 7 heavy (non-hydrogen) atoms. The van der Waals surface area contributed by atoms with E-state index in [0.29, 0.717) is 15.8 Å². The first-order valence-electron chi connectivity index (χ1n) is 0.883. The predicted octanol–water partition coefficient (Wildman–Crippen LogP) is 1.81. The Bertz CT molecular complexity index is 41.4. The molecule has 0 spiro atoms. The van der Waals surface area contributed by atoms with Crippen molar-refractivity contribution in [3.8, 4) is 0 Å². The van der Waals surface area contributed by atoms with E-state index in [4.69, 9.17) is 0 Å². The number of thiol groups is 1. The quantitative estimate of drug-likeness (QED) is 0.321. The van der Waals surface area contributed by atoms with E-state index in [9.17, 15) is 0 Å². The van der Waals surface area contributed by atoms with E-state index in [1.165, 1.54) is 0 Å². The maximum atomic E-state index is 4.36. The van der Waals surface area contributed by atoms with Crippen LogP contribution in [0.1, 0.15) is 0 Å². The molecule has 7 heteroatoms. The fourth-order valence-corrected chi connectivity index (χ4v) is 111. The third-order valence-electron chi connectivity index (χ3n) is 0.130. The van der Waals surface area contributed by atoms with Gasteiger partial charge in [-0.05, 0) is 0 Å². The molecule has 0 saturated carbocycles. The van der Waals surface area contributed by atoms with Crippen molar-refractivity contribution in [2.75, 3.05) is 0 Å². The van der Waals surface area contributed by atoms with Crippen molar-refractivity contribution in [1.29, 1.82) is 0 Å². The van der Waals surface area contributed by atoms with Gasteiger partial charge in [0, 0.05) is 0 Å². The Balaban J connectivity index is 3.14. The Morgan fingerprint density at radius 3 is 1.71 bits per heavy atom. The molecule has 0 atom stereocenters. The fourth-order valence-electron chi connectivity index (χ4n) is 0.0183. The minimum atomic E-state index is -0.354. The third-order valence-corrected chi connectivity index (χ3v) is 209. The van der Waals surface area contributed by atoms with Crippen LogP contribution in [0, 0.1) is 0 Å². The van der Waals surface area contributed by atoms with Crippen LogP contribution < -0.4 is 15.8 Å². The molecular weight excluding hydrogens is 793 g/mol. The van der Waals surface area contributed by atoms with E-state index in [2.05, 4.69) is 65.6 Å². The summed E-state index contributed by atoms with van der Waals surface area (Å²) < 4.78 is 0. The second-order valence-electron chi connectivity index (χ2n) is 0.388. The molecule has 0 unspecified atom stereocenters. The van der Waals surface area contributed by atoms with Crippen LogP contribution in [0.2, 0.25) is 0 Å². The van der Waals surface area contributed by atoms with Gasteiger partial charge in [-0.3, -0.25) is 0 Å². The molecule has 0 bridgehead atoms. The van der Waals surface area contributed by atoms with E-state index in [1.807, 2.05) is 0 Å². The summed E-state index contributed by atoms with van der Waals surface area (Å²) in [5, 5.41) is 0. The standard InChI is InChI=1S/HI6S/c1-5(2)6(3)4-7/h7H/q-1. The summed E-state index contributed by atoms with van der Waals surface area (Å²) in [6.45, 7) is 0. The molecule has 0 aliphatic carbocycles. The van der Waals surface area contributed by atoms with E-state index in [-0.39, 0.29) is 15.8 Å². The van der Waals surface area contributed by atoms with Crippen LogP contribution in [0.4, 0.5) is 0 Å². The second kappa shape index (κ2) is 7.38. The van der Waals surface area contributed by atoms with E-state index in [0.717, 1.165) is 0 Å². The summed E-state index contributed by atoms with van der Waals surface area (Å²) in [6.07, 6.45) is 0. The van der Waals surface area contributed by atoms with Gasteiger partial charge in [0.25, 0.3) is 0 Å². The molecule has 0 fully saturated rings. The minimum absolute atomic E-state index is 0.329. The first-order chi connectivity index (χ1) is 3.18. The molecule has 50 valence electrons. The van der Waals surface area contributed by atoms with Gasteiger partial charge in [-0.1, -0.05) is 0 Å². The van der Waals surface area contributed by atoms with E-state index >= 15 is 0 Å². The van der Waals surface area contributed by atoms with Crippen molar-refractivity contribution in [1.82, 2.24) is 0 Å². The van der Waals surface area contributed by atoms with Crippen LogP contribution in [0.25, 0.3) is 0 Å². The Hall–Kier alpha value is 4.73. The van der Waals surface area contributed by atoms with Gasteiger partial charge in [0.05, 0.1) is 0 Å². The van der Waals surface area contributed by atoms with E-state index < -0.39 is 0 Å². The zero-order chi connectivity index (χ0) is 5.86. The molecule has 0 radical (unpaired) electrons. The van der Waals surface area contributed by atoms with E-state index in [1.54, 1.807) is 0 Å². The molecule has 0 saturated heterocycles. The average Bonchev–Trinajstić information content (AvgIpc) is 1.65. The van der Waals surface area contributed by atoms with Crippen molar-refractivity contribution in [3.63, 3.8) is 0 Å². The Morgan fingerprint density at radius 2 is 1.71 bits per heavy atom. The van der Waals surface area contributed by atoms with Gasteiger partial charge in [-0.2, -0.15) is 0 Å². The third kappa shape index (κ3) is 7.10. The Labute approximate surface area is 93.3 Å². The summed E-state index contributed by atoms with van der Waals surface area (Å²) in [6, 6.07) is 0. The first kappa shape index (κ1) is 11.7. The summed E-state index contributed by atoms with van der Waals surface area (Å²) in [5.74, 6) is 0. The van der Waals surface area contributed by atoms with Crippen LogP contribution in [0.3, 0.4) is 0 Å². The molecule has 0 nitrogen and oxygen atoms in total. The van der Waals surface area contributed by atoms with Gasteiger partial charge >= 0.3 is 97.3 Å². The maximum absolute atomic E-state index is 4.36. The molecule has 0 N–H and O–H groups in total. The molecule has 0 aromatic heterocycles. The Kier molecular flexibility index (Phi) is 12.4. The topological polar surface area (TPSA) is 0 Å². The molecule has 0 aliphatic heterocycles. The predicted molar refractivity (Wildman–Crippen MR) is 79.1 cm³/mol. The van der Waals surface area contributed by atoms with Crippen molar-refractivity contribution in [2.24, 2.45) is 0 Å². The zero-order valence-electron chi connectivity index (χ0n) is 2.72. The molecule has 0 rings (SSSR count). The second-order valence-corrected chi connectivity index (χ2v) is 106. The Morgan fingerprint density at radius 1 is 1.29 bits per heavy atom. The van der Waals surface area contributed by atoms with Crippen LogP contribution in [0.15, 0.2) is 0 Å². The zero-order valence-corrected chi connectivity index (χ0v) is 16.6. The van der Waals surface area contributed by atoms with Crippen molar-refractivity contribution in [2.45, 2.75) is 0 Å². The monoisotopic (exact) mass is 794 g/mol. The van der Waals surface area contributed by atoms with Crippen molar-refractivity contribution in [3.05, 3.63) is 0 Å². The molecule has 0 heterocycles. The summed E-state index contributed by atoms with van der Waals surface area (Å²) in [7, 11) is 3.67. The van der Waals surface area contributed by atoms with Crippen LogP contribution in [-0.2, 0) is 0 Å². The van der Waals surface area contributed by atoms with Crippen molar-refractivity contribution >= 4 is 81.4 Å². The number of rotatable bonds is 2. The number of hydrogen-bond donors (Lipinski definition) is 1. The molecule has 0 aromatic rings. The number of hydrogen-bond acceptors (Lipinski definition) is 1. The summed E-state index contributed by atoms with van der Waals surface area (Å²) in [4.78, 5) is 0. The van der Waals surface area contributed by atoms with Crippen LogP contribution >= 0.6 is 81.4 Å². The first-order valence-corrected chi connectivity index (χ1v) is 35.5. The average molecular weight is 794 g/mol. The van der Waals surface area contributed by atoms with Crippen molar-refractivity contribution < 1.29 is 15.8 Å². The van der Waals surface area contributed by atoms with Gasteiger partial charge in [-0.15, -0.1) is 0 Å². The van der Waals surface area contributed by atoms with Gasteiger partial charge in [0.15, 0.2) is 0 Å². The fraction of sp³-hybridized carbons (Fsp3) is 0. The summed E-state index contributed by atoms with van der Waals surface area (Å²) >= 11 is 8.38. The molecule has 0 amide bonds. The summed E-state index contributed by atoms with van der Waals surface area (Å²) in [5.41, 5.74) is 0.